The van der Waals surface area contributed by atoms with Gasteiger partial charge in [-0.2, -0.15) is 13.2 Å². The monoisotopic (exact) mass is 222 g/mol. The third-order valence-corrected chi connectivity index (χ3v) is 2.06. The largest absolute Gasteiger partial charge is 0.416 e. The molecule has 1 rings (SSSR count). The quantitative estimate of drug-likeness (QED) is 0.761. The lowest BCUT2D eigenvalue weighted by atomic mass is 10.00. The molecule has 0 bridgehead atoms. The van der Waals surface area contributed by atoms with Crippen LogP contribution in [0.4, 0.5) is 17.6 Å². The molecule has 1 nitrogen and oxygen atoms in total. The van der Waals surface area contributed by atoms with Crippen molar-refractivity contribution in [2.45, 2.75) is 25.6 Å². The molecule has 0 aliphatic heterocycles. The minimum atomic E-state index is -4.57. The predicted molar refractivity (Wildman–Crippen MR) is 46.7 cm³/mol. The molecule has 5 heteroatoms. The number of halogens is 4. The number of benzene rings is 1. The second kappa shape index (κ2) is 4.18. The number of rotatable bonds is 2. The minimum Gasteiger partial charge on any atom is -0.388 e. The summed E-state index contributed by atoms with van der Waals surface area (Å²) in [4.78, 5) is 0. The lowest BCUT2D eigenvalue weighted by Crippen LogP contribution is -2.12. The molecule has 0 heterocycles. The van der Waals surface area contributed by atoms with Crippen molar-refractivity contribution >= 4 is 0 Å². The number of alkyl halides is 3. The Bertz CT molecular complexity index is 346. The van der Waals surface area contributed by atoms with Crippen LogP contribution in [0.2, 0.25) is 0 Å². The summed E-state index contributed by atoms with van der Waals surface area (Å²) in [7, 11) is 0. The van der Waals surface area contributed by atoms with Crippen molar-refractivity contribution in [3.63, 3.8) is 0 Å². The van der Waals surface area contributed by atoms with E-state index in [0.717, 1.165) is 12.1 Å². The Hall–Kier alpha value is -1.10. The molecule has 0 aliphatic carbocycles. The van der Waals surface area contributed by atoms with Gasteiger partial charge < -0.3 is 5.11 Å². The van der Waals surface area contributed by atoms with Gasteiger partial charge in [0.05, 0.1) is 11.7 Å². The Kier molecular flexibility index (Phi) is 3.34. The first kappa shape index (κ1) is 12.0. The summed E-state index contributed by atoms with van der Waals surface area (Å²) in [6.45, 7) is 1.52. The van der Waals surface area contributed by atoms with Crippen molar-refractivity contribution in [2.24, 2.45) is 0 Å². The van der Waals surface area contributed by atoms with Crippen molar-refractivity contribution in [2.75, 3.05) is 0 Å². The van der Waals surface area contributed by atoms with Crippen LogP contribution in [0.1, 0.15) is 30.6 Å². The SMILES string of the molecule is CC[C@H](O)c1cc(F)ccc1C(F)(F)F. The van der Waals surface area contributed by atoms with Crippen LogP contribution >= 0.6 is 0 Å². The Balaban J connectivity index is 3.27. The summed E-state index contributed by atoms with van der Waals surface area (Å²) in [5.74, 6) is -0.787. The van der Waals surface area contributed by atoms with Crippen LogP contribution in [0.3, 0.4) is 0 Å². The van der Waals surface area contributed by atoms with Crippen LogP contribution in [0.25, 0.3) is 0 Å². The Morgan fingerprint density at radius 3 is 2.40 bits per heavy atom. The number of aliphatic hydroxyl groups is 1. The highest BCUT2D eigenvalue weighted by Gasteiger charge is 2.34. The molecule has 0 amide bonds. The van der Waals surface area contributed by atoms with Gasteiger partial charge >= 0.3 is 6.18 Å². The topological polar surface area (TPSA) is 20.2 Å². The molecule has 1 atom stereocenters. The molecule has 0 aromatic heterocycles. The average Bonchev–Trinajstić information content (AvgIpc) is 2.14. The highest BCUT2D eigenvalue weighted by Crippen LogP contribution is 2.35. The zero-order chi connectivity index (χ0) is 11.6. The number of aliphatic hydroxyl groups excluding tert-OH is 1. The Morgan fingerprint density at radius 1 is 1.33 bits per heavy atom. The summed E-state index contributed by atoms with van der Waals surface area (Å²) < 4.78 is 50.1. The van der Waals surface area contributed by atoms with Crippen molar-refractivity contribution in [1.82, 2.24) is 0 Å². The maximum Gasteiger partial charge on any atom is 0.416 e. The van der Waals surface area contributed by atoms with Crippen LogP contribution in [0.5, 0.6) is 0 Å². The van der Waals surface area contributed by atoms with E-state index in [-0.39, 0.29) is 6.42 Å². The minimum absolute atomic E-state index is 0.104. The van der Waals surface area contributed by atoms with Gasteiger partial charge in [0, 0.05) is 0 Å². The molecule has 0 saturated carbocycles. The van der Waals surface area contributed by atoms with Gasteiger partial charge in [-0.15, -0.1) is 0 Å². The number of hydrogen-bond donors (Lipinski definition) is 1. The van der Waals surface area contributed by atoms with Crippen LogP contribution in [-0.4, -0.2) is 5.11 Å². The van der Waals surface area contributed by atoms with Gasteiger partial charge in [-0.3, -0.25) is 0 Å². The van der Waals surface area contributed by atoms with E-state index in [2.05, 4.69) is 0 Å². The van der Waals surface area contributed by atoms with E-state index >= 15 is 0 Å². The Labute approximate surface area is 84.3 Å². The van der Waals surface area contributed by atoms with Crippen molar-refractivity contribution in [3.8, 4) is 0 Å². The van der Waals surface area contributed by atoms with E-state index in [0.29, 0.717) is 6.07 Å². The standard InChI is InChI=1S/C10H10F4O/c1-2-9(15)7-5-6(11)3-4-8(7)10(12,13)14/h3-5,9,15H,2H2,1H3/t9-/m0/s1. The molecule has 0 spiro atoms. The van der Waals surface area contributed by atoms with Gasteiger partial charge in [-0.25, -0.2) is 4.39 Å². The summed E-state index contributed by atoms with van der Waals surface area (Å²) in [6, 6.07) is 2.09. The van der Waals surface area contributed by atoms with E-state index < -0.39 is 29.2 Å². The molecule has 1 N–H and O–H groups in total. The fourth-order valence-corrected chi connectivity index (χ4v) is 1.29. The van der Waals surface area contributed by atoms with Crippen LogP contribution in [0, 0.1) is 5.82 Å². The van der Waals surface area contributed by atoms with Crippen LogP contribution in [-0.2, 0) is 6.18 Å². The summed E-state index contributed by atoms with van der Waals surface area (Å²) in [5, 5.41) is 9.33. The molecule has 0 aliphatic rings. The van der Waals surface area contributed by atoms with Gasteiger partial charge in [0.1, 0.15) is 5.82 Å². The highest BCUT2D eigenvalue weighted by atomic mass is 19.4. The normalized spacial score (nSPS) is 14.0. The van der Waals surface area contributed by atoms with Gasteiger partial charge in [0.15, 0.2) is 0 Å². The first-order valence-electron chi connectivity index (χ1n) is 4.41. The van der Waals surface area contributed by atoms with Crippen LogP contribution in [0.15, 0.2) is 18.2 Å². The third-order valence-electron chi connectivity index (χ3n) is 2.06. The lowest BCUT2D eigenvalue weighted by molar-refractivity contribution is -0.139. The maximum atomic E-state index is 12.8. The highest BCUT2D eigenvalue weighted by molar-refractivity contribution is 5.32. The lowest BCUT2D eigenvalue weighted by Gasteiger charge is -2.16. The second-order valence-electron chi connectivity index (χ2n) is 3.15. The fraction of sp³-hybridized carbons (Fsp3) is 0.400. The molecular weight excluding hydrogens is 212 g/mol. The molecule has 0 saturated heterocycles. The Morgan fingerprint density at radius 2 is 1.93 bits per heavy atom. The van der Waals surface area contributed by atoms with E-state index in [1.54, 1.807) is 0 Å². The van der Waals surface area contributed by atoms with E-state index in [1.807, 2.05) is 0 Å². The number of hydrogen-bond acceptors (Lipinski definition) is 1. The second-order valence-corrected chi connectivity index (χ2v) is 3.15. The molecule has 0 unspecified atom stereocenters. The molecule has 1 aromatic rings. The first-order chi connectivity index (χ1) is 6.86. The third kappa shape index (κ3) is 2.68. The predicted octanol–water partition coefficient (Wildman–Crippen LogP) is 3.29. The summed E-state index contributed by atoms with van der Waals surface area (Å²) >= 11 is 0. The average molecular weight is 222 g/mol. The van der Waals surface area contributed by atoms with Crippen LogP contribution < -0.4 is 0 Å². The molecule has 84 valence electrons. The maximum absolute atomic E-state index is 12.8. The van der Waals surface area contributed by atoms with Gasteiger partial charge in [-0.1, -0.05) is 6.92 Å². The smallest absolute Gasteiger partial charge is 0.388 e. The zero-order valence-electron chi connectivity index (χ0n) is 7.98. The van der Waals surface area contributed by atoms with Crippen molar-refractivity contribution < 1.29 is 22.7 Å². The van der Waals surface area contributed by atoms with E-state index in [9.17, 15) is 22.7 Å². The fourth-order valence-electron chi connectivity index (χ4n) is 1.29. The van der Waals surface area contributed by atoms with Crippen molar-refractivity contribution in [1.29, 1.82) is 0 Å². The molecule has 0 radical (unpaired) electrons. The molecule has 0 fully saturated rings. The van der Waals surface area contributed by atoms with E-state index in [4.69, 9.17) is 0 Å². The molecule has 15 heavy (non-hydrogen) atoms. The summed E-state index contributed by atoms with van der Waals surface area (Å²) in [5.41, 5.74) is -1.40. The van der Waals surface area contributed by atoms with Gasteiger partial charge in [-0.05, 0) is 30.2 Å². The van der Waals surface area contributed by atoms with Gasteiger partial charge in [0.2, 0.25) is 0 Å². The van der Waals surface area contributed by atoms with E-state index in [1.165, 1.54) is 6.92 Å². The molecule has 1 aromatic carbocycles. The molecular formula is C10H10F4O. The summed E-state index contributed by atoms with van der Waals surface area (Å²) in [6.07, 6.45) is -5.76. The first-order valence-corrected chi connectivity index (χ1v) is 4.41. The zero-order valence-corrected chi connectivity index (χ0v) is 7.98. The van der Waals surface area contributed by atoms with Gasteiger partial charge in [0.25, 0.3) is 0 Å². The van der Waals surface area contributed by atoms with Crippen molar-refractivity contribution in [3.05, 3.63) is 35.1 Å².